The molecule has 0 saturated carbocycles. The summed E-state index contributed by atoms with van der Waals surface area (Å²) in [4.78, 5) is 50.8. The van der Waals surface area contributed by atoms with Gasteiger partial charge >= 0.3 is 5.97 Å². The SMILES string of the molecule is CCCOc1ccc(/C=C2\SC(=O)N(CC(=O)Nc3ccc(Cl)c(C(=O)OCC)c3)C2=O)cc1Br. The summed E-state index contributed by atoms with van der Waals surface area (Å²) in [5.74, 6) is -1.12. The molecule has 0 spiro atoms. The van der Waals surface area contributed by atoms with Crippen LogP contribution in [-0.2, 0) is 14.3 Å². The fourth-order valence-electron chi connectivity index (χ4n) is 3.04. The maximum absolute atomic E-state index is 12.8. The quantitative estimate of drug-likeness (QED) is 0.297. The molecule has 1 saturated heterocycles. The van der Waals surface area contributed by atoms with Crippen LogP contribution in [0.5, 0.6) is 5.75 Å². The summed E-state index contributed by atoms with van der Waals surface area (Å²) < 4.78 is 11.3. The lowest BCUT2D eigenvalue weighted by Gasteiger charge is -2.13. The third-order valence-electron chi connectivity index (χ3n) is 4.64. The van der Waals surface area contributed by atoms with E-state index in [0.29, 0.717) is 17.9 Å². The van der Waals surface area contributed by atoms with Gasteiger partial charge in [0.25, 0.3) is 11.1 Å². The van der Waals surface area contributed by atoms with Crippen molar-refractivity contribution in [2.24, 2.45) is 0 Å². The number of hydrogen-bond acceptors (Lipinski definition) is 7. The number of nitrogens with one attached hydrogen (secondary N) is 1. The second-order valence-corrected chi connectivity index (χ2v) is 9.52. The summed E-state index contributed by atoms with van der Waals surface area (Å²) in [5.41, 5.74) is 1.07. The number of nitrogens with zero attached hydrogens (tertiary/aromatic N) is 1. The Hall–Kier alpha value is -2.82. The van der Waals surface area contributed by atoms with Crippen molar-refractivity contribution in [1.29, 1.82) is 0 Å². The molecule has 35 heavy (non-hydrogen) atoms. The van der Waals surface area contributed by atoms with Crippen LogP contribution >= 0.6 is 39.3 Å². The highest BCUT2D eigenvalue weighted by molar-refractivity contribution is 9.10. The Labute approximate surface area is 220 Å². The highest BCUT2D eigenvalue weighted by atomic mass is 79.9. The minimum atomic E-state index is -0.624. The lowest BCUT2D eigenvalue weighted by atomic mass is 10.2. The van der Waals surface area contributed by atoms with Gasteiger partial charge in [0.05, 0.1) is 33.2 Å². The number of ether oxygens (including phenoxy) is 2. The monoisotopic (exact) mass is 580 g/mol. The van der Waals surface area contributed by atoms with Gasteiger partial charge in [-0.3, -0.25) is 19.3 Å². The van der Waals surface area contributed by atoms with Gasteiger partial charge < -0.3 is 14.8 Å². The number of anilines is 1. The van der Waals surface area contributed by atoms with Gasteiger partial charge in [-0.1, -0.05) is 24.6 Å². The Morgan fingerprint density at radius 1 is 1.17 bits per heavy atom. The van der Waals surface area contributed by atoms with Gasteiger partial charge in [-0.2, -0.15) is 0 Å². The second kappa shape index (κ2) is 12.2. The molecule has 1 aliphatic rings. The largest absolute Gasteiger partial charge is 0.492 e. The zero-order chi connectivity index (χ0) is 25.5. The number of rotatable bonds is 9. The van der Waals surface area contributed by atoms with E-state index >= 15 is 0 Å². The predicted molar refractivity (Wildman–Crippen MR) is 139 cm³/mol. The number of carbonyl (C=O) groups excluding carboxylic acids is 4. The Morgan fingerprint density at radius 2 is 1.94 bits per heavy atom. The van der Waals surface area contributed by atoms with Crippen molar-refractivity contribution in [3.05, 3.63) is 61.9 Å². The Bertz CT molecular complexity index is 1200. The zero-order valence-corrected chi connectivity index (χ0v) is 22.1. The molecule has 0 bridgehead atoms. The molecule has 0 unspecified atom stereocenters. The molecule has 0 aliphatic carbocycles. The summed E-state index contributed by atoms with van der Waals surface area (Å²) >= 11 is 10.2. The minimum Gasteiger partial charge on any atom is -0.492 e. The van der Waals surface area contributed by atoms with Gasteiger partial charge in [-0.15, -0.1) is 0 Å². The van der Waals surface area contributed by atoms with Crippen molar-refractivity contribution < 1.29 is 28.7 Å². The highest BCUT2D eigenvalue weighted by Gasteiger charge is 2.36. The molecule has 184 valence electrons. The maximum Gasteiger partial charge on any atom is 0.339 e. The highest BCUT2D eigenvalue weighted by Crippen LogP contribution is 2.34. The number of carbonyl (C=O) groups is 4. The third-order valence-corrected chi connectivity index (χ3v) is 6.49. The van der Waals surface area contributed by atoms with Crippen molar-refractivity contribution in [1.82, 2.24) is 4.90 Å². The molecule has 8 nitrogen and oxygen atoms in total. The molecule has 2 aromatic carbocycles. The summed E-state index contributed by atoms with van der Waals surface area (Å²) in [6.45, 7) is 3.95. The number of benzene rings is 2. The van der Waals surface area contributed by atoms with Crippen LogP contribution in [0, 0.1) is 0 Å². The number of esters is 1. The van der Waals surface area contributed by atoms with Gasteiger partial charge in [-0.25, -0.2) is 4.79 Å². The standard InChI is InChI=1S/C24H22BrClN2O6S/c1-3-9-34-19-8-5-14(10-17(19)25)11-20-22(30)28(24(32)35-20)13-21(29)27-15-6-7-18(26)16(12-15)23(31)33-4-2/h5-8,10-12H,3-4,9,13H2,1-2H3,(H,27,29)/b20-11-. The van der Waals surface area contributed by atoms with Gasteiger partial charge in [0, 0.05) is 5.69 Å². The van der Waals surface area contributed by atoms with E-state index in [1.54, 1.807) is 31.2 Å². The molecule has 0 atom stereocenters. The first-order valence-electron chi connectivity index (χ1n) is 10.7. The molecular formula is C24H22BrClN2O6S. The van der Waals surface area contributed by atoms with E-state index in [1.807, 2.05) is 6.92 Å². The molecule has 11 heteroatoms. The van der Waals surface area contributed by atoms with Crippen molar-refractivity contribution in [3.8, 4) is 5.75 Å². The van der Waals surface area contributed by atoms with E-state index in [1.165, 1.54) is 18.2 Å². The van der Waals surface area contributed by atoms with E-state index in [9.17, 15) is 19.2 Å². The van der Waals surface area contributed by atoms with E-state index in [-0.39, 0.29) is 27.8 Å². The molecule has 3 rings (SSSR count). The zero-order valence-electron chi connectivity index (χ0n) is 18.9. The first kappa shape index (κ1) is 26.8. The Morgan fingerprint density at radius 3 is 2.63 bits per heavy atom. The summed E-state index contributed by atoms with van der Waals surface area (Å²) in [6, 6.07) is 9.66. The average molecular weight is 582 g/mol. The van der Waals surface area contributed by atoms with E-state index in [4.69, 9.17) is 21.1 Å². The summed E-state index contributed by atoms with van der Waals surface area (Å²) in [7, 11) is 0. The first-order chi connectivity index (χ1) is 16.7. The smallest absolute Gasteiger partial charge is 0.339 e. The molecule has 2 aromatic rings. The lowest BCUT2D eigenvalue weighted by molar-refractivity contribution is -0.127. The number of halogens is 2. The molecule has 1 N–H and O–H groups in total. The van der Waals surface area contributed by atoms with Crippen LogP contribution in [0.15, 0.2) is 45.8 Å². The molecule has 1 heterocycles. The Balaban J connectivity index is 1.68. The fourth-order valence-corrected chi connectivity index (χ4v) is 4.58. The first-order valence-corrected chi connectivity index (χ1v) is 12.7. The van der Waals surface area contributed by atoms with Crippen LogP contribution in [0.4, 0.5) is 10.5 Å². The minimum absolute atomic E-state index is 0.0951. The van der Waals surface area contributed by atoms with Gasteiger partial charge in [0.1, 0.15) is 12.3 Å². The van der Waals surface area contributed by atoms with Crippen molar-refractivity contribution in [2.75, 3.05) is 25.1 Å². The van der Waals surface area contributed by atoms with Gasteiger partial charge in [0.15, 0.2) is 0 Å². The van der Waals surface area contributed by atoms with Crippen LogP contribution in [-0.4, -0.2) is 47.7 Å². The molecule has 0 aromatic heterocycles. The number of thioether (sulfide) groups is 1. The number of imide groups is 1. The summed E-state index contributed by atoms with van der Waals surface area (Å²) in [5, 5.41) is 2.19. The molecular weight excluding hydrogens is 560 g/mol. The molecule has 0 radical (unpaired) electrons. The van der Waals surface area contributed by atoms with Gasteiger partial charge in [0.2, 0.25) is 5.91 Å². The van der Waals surface area contributed by atoms with Crippen LogP contribution < -0.4 is 10.1 Å². The number of amides is 3. The van der Waals surface area contributed by atoms with E-state index in [2.05, 4.69) is 21.2 Å². The topological polar surface area (TPSA) is 102 Å². The normalized spacial score (nSPS) is 14.4. The van der Waals surface area contributed by atoms with Crippen LogP contribution in [0.1, 0.15) is 36.2 Å². The van der Waals surface area contributed by atoms with E-state index < -0.39 is 29.6 Å². The average Bonchev–Trinajstić information content (AvgIpc) is 3.07. The predicted octanol–water partition coefficient (Wildman–Crippen LogP) is 5.74. The van der Waals surface area contributed by atoms with Crippen molar-refractivity contribution in [3.63, 3.8) is 0 Å². The Kier molecular flexibility index (Phi) is 9.36. The lowest BCUT2D eigenvalue weighted by Crippen LogP contribution is -2.36. The van der Waals surface area contributed by atoms with E-state index in [0.717, 1.165) is 27.6 Å². The summed E-state index contributed by atoms with van der Waals surface area (Å²) in [6.07, 6.45) is 2.46. The van der Waals surface area contributed by atoms with Crippen molar-refractivity contribution >= 4 is 74.1 Å². The van der Waals surface area contributed by atoms with Crippen LogP contribution in [0.2, 0.25) is 5.02 Å². The third kappa shape index (κ3) is 6.87. The van der Waals surface area contributed by atoms with Crippen LogP contribution in [0.3, 0.4) is 0 Å². The second-order valence-electron chi connectivity index (χ2n) is 7.27. The number of hydrogen-bond donors (Lipinski definition) is 1. The van der Waals surface area contributed by atoms with Crippen molar-refractivity contribution in [2.45, 2.75) is 20.3 Å². The molecule has 3 amide bonds. The molecule has 1 aliphatic heterocycles. The fraction of sp³-hybridized carbons (Fsp3) is 0.250. The van der Waals surface area contributed by atoms with Crippen LogP contribution in [0.25, 0.3) is 6.08 Å². The van der Waals surface area contributed by atoms with Gasteiger partial charge in [-0.05, 0) is 83.0 Å². The molecule has 1 fully saturated rings. The maximum atomic E-state index is 12.8.